The van der Waals surface area contributed by atoms with Gasteiger partial charge in [-0.05, 0) is 75.5 Å². The summed E-state index contributed by atoms with van der Waals surface area (Å²) in [6, 6.07) is 0.205. The van der Waals surface area contributed by atoms with Gasteiger partial charge in [0, 0.05) is 18.6 Å². The quantitative estimate of drug-likeness (QED) is 0.801. The fourth-order valence-corrected chi connectivity index (χ4v) is 5.16. The number of nitrogens with one attached hydrogen (secondary N) is 1. The first kappa shape index (κ1) is 13.4. The van der Waals surface area contributed by atoms with E-state index in [1.165, 1.54) is 32.1 Å². The highest BCUT2D eigenvalue weighted by Gasteiger charge is 2.50. The maximum Gasteiger partial charge on any atom is 0.223 e. The van der Waals surface area contributed by atoms with Crippen LogP contribution in [0.1, 0.15) is 51.9 Å². The molecule has 19 heavy (non-hydrogen) atoms. The lowest BCUT2D eigenvalue weighted by atomic mass is 9.51. The van der Waals surface area contributed by atoms with Gasteiger partial charge in [0.2, 0.25) is 5.91 Å². The minimum Gasteiger partial charge on any atom is -0.396 e. The average Bonchev–Trinajstić information content (AvgIpc) is 2.35. The third kappa shape index (κ3) is 2.67. The van der Waals surface area contributed by atoms with Gasteiger partial charge in [0.25, 0.3) is 0 Å². The van der Waals surface area contributed by atoms with Crippen molar-refractivity contribution >= 4 is 5.91 Å². The Morgan fingerprint density at radius 1 is 1.16 bits per heavy atom. The molecular formula is C16H27NO2. The zero-order valence-electron chi connectivity index (χ0n) is 12.0. The summed E-state index contributed by atoms with van der Waals surface area (Å²) in [4.78, 5) is 12.5. The first-order chi connectivity index (χ1) is 9.17. The normalized spacial score (nSPS) is 41.3. The average molecular weight is 265 g/mol. The van der Waals surface area contributed by atoms with E-state index in [0.717, 1.165) is 24.7 Å². The van der Waals surface area contributed by atoms with E-state index in [1.807, 2.05) is 0 Å². The van der Waals surface area contributed by atoms with Crippen molar-refractivity contribution in [1.29, 1.82) is 0 Å². The van der Waals surface area contributed by atoms with Crippen LogP contribution < -0.4 is 5.32 Å². The molecule has 2 N–H and O–H groups in total. The lowest BCUT2D eigenvalue weighted by Gasteiger charge is -2.53. The Morgan fingerprint density at radius 2 is 1.74 bits per heavy atom. The zero-order valence-corrected chi connectivity index (χ0v) is 12.0. The van der Waals surface area contributed by atoms with Crippen molar-refractivity contribution in [2.75, 3.05) is 6.61 Å². The van der Waals surface area contributed by atoms with E-state index in [2.05, 4.69) is 12.2 Å². The molecule has 0 aromatic rings. The minimum atomic E-state index is 0.205. The van der Waals surface area contributed by atoms with E-state index in [1.54, 1.807) is 0 Å². The maximum absolute atomic E-state index is 12.5. The highest BCUT2D eigenvalue weighted by atomic mass is 16.3. The van der Waals surface area contributed by atoms with E-state index in [9.17, 15) is 4.79 Å². The van der Waals surface area contributed by atoms with Gasteiger partial charge in [-0.15, -0.1) is 0 Å². The summed E-state index contributed by atoms with van der Waals surface area (Å²) in [5, 5.41) is 12.0. The number of hydrogen-bond acceptors (Lipinski definition) is 2. The molecule has 4 fully saturated rings. The van der Waals surface area contributed by atoms with Crippen LogP contribution in [0.5, 0.6) is 0 Å². The summed E-state index contributed by atoms with van der Waals surface area (Å²) >= 11 is 0. The minimum absolute atomic E-state index is 0.205. The van der Waals surface area contributed by atoms with Gasteiger partial charge in [-0.2, -0.15) is 0 Å². The van der Waals surface area contributed by atoms with Crippen LogP contribution in [0.4, 0.5) is 0 Å². The maximum atomic E-state index is 12.5. The molecule has 1 atom stereocenters. The van der Waals surface area contributed by atoms with Crippen LogP contribution in [0, 0.1) is 29.6 Å². The van der Waals surface area contributed by atoms with E-state index in [-0.39, 0.29) is 12.6 Å². The van der Waals surface area contributed by atoms with Gasteiger partial charge in [-0.1, -0.05) is 0 Å². The van der Waals surface area contributed by atoms with Crippen LogP contribution in [-0.2, 0) is 4.79 Å². The van der Waals surface area contributed by atoms with Gasteiger partial charge in [0.15, 0.2) is 0 Å². The molecule has 0 aromatic carbocycles. The predicted octanol–water partition coefficient (Wildman–Crippen LogP) is 2.34. The largest absolute Gasteiger partial charge is 0.396 e. The van der Waals surface area contributed by atoms with Crippen LogP contribution in [0.2, 0.25) is 0 Å². The van der Waals surface area contributed by atoms with Gasteiger partial charge in [-0.25, -0.2) is 0 Å². The molecule has 0 spiro atoms. The zero-order chi connectivity index (χ0) is 13.4. The second-order valence-corrected chi connectivity index (χ2v) is 7.23. The molecule has 1 unspecified atom stereocenters. The molecule has 108 valence electrons. The highest BCUT2D eigenvalue weighted by Crippen LogP contribution is 2.56. The Balaban J connectivity index is 1.58. The number of aliphatic hydroxyl groups excluding tert-OH is 1. The number of carbonyl (C=O) groups is 1. The molecule has 4 aliphatic rings. The summed E-state index contributed by atoms with van der Waals surface area (Å²) in [6.45, 7) is 2.28. The monoisotopic (exact) mass is 265 g/mol. The highest BCUT2D eigenvalue weighted by molar-refractivity contribution is 5.80. The van der Waals surface area contributed by atoms with Crippen molar-refractivity contribution in [3.63, 3.8) is 0 Å². The molecule has 4 aliphatic carbocycles. The van der Waals surface area contributed by atoms with E-state index in [4.69, 9.17) is 5.11 Å². The van der Waals surface area contributed by atoms with Gasteiger partial charge in [0.05, 0.1) is 0 Å². The second-order valence-electron chi connectivity index (χ2n) is 7.23. The Labute approximate surface area is 116 Å². The van der Waals surface area contributed by atoms with Gasteiger partial charge < -0.3 is 10.4 Å². The smallest absolute Gasteiger partial charge is 0.223 e. The summed E-state index contributed by atoms with van der Waals surface area (Å²) in [5.41, 5.74) is 0. The Morgan fingerprint density at radius 3 is 2.26 bits per heavy atom. The first-order valence-electron chi connectivity index (χ1n) is 8.08. The molecule has 0 heterocycles. The number of rotatable bonds is 5. The van der Waals surface area contributed by atoms with E-state index >= 15 is 0 Å². The molecule has 3 nitrogen and oxygen atoms in total. The van der Waals surface area contributed by atoms with Gasteiger partial charge >= 0.3 is 0 Å². The third-order valence-corrected chi connectivity index (χ3v) is 5.71. The Hall–Kier alpha value is -0.570. The topological polar surface area (TPSA) is 49.3 Å². The van der Waals surface area contributed by atoms with Crippen LogP contribution in [0.25, 0.3) is 0 Å². The molecule has 0 radical (unpaired) electrons. The van der Waals surface area contributed by atoms with Crippen LogP contribution in [0.3, 0.4) is 0 Å². The van der Waals surface area contributed by atoms with Crippen molar-refractivity contribution in [1.82, 2.24) is 5.32 Å². The van der Waals surface area contributed by atoms with Crippen molar-refractivity contribution < 1.29 is 9.90 Å². The number of hydrogen-bond donors (Lipinski definition) is 2. The van der Waals surface area contributed by atoms with Crippen molar-refractivity contribution in [2.45, 2.75) is 57.9 Å². The van der Waals surface area contributed by atoms with Gasteiger partial charge in [-0.3, -0.25) is 4.79 Å². The summed E-state index contributed by atoms with van der Waals surface area (Å²) in [5.74, 6) is 3.79. The first-order valence-corrected chi connectivity index (χ1v) is 8.08. The summed E-state index contributed by atoms with van der Waals surface area (Å²) in [6.07, 6.45) is 8.31. The third-order valence-electron chi connectivity index (χ3n) is 5.71. The summed E-state index contributed by atoms with van der Waals surface area (Å²) < 4.78 is 0. The van der Waals surface area contributed by atoms with Crippen LogP contribution in [-0.4, -0.2) is 23.7 Å². The Bertz CT molecular complexity index is 314. The standard InChI is InChI=1S/C16H27NO2/c1-10(3-2-4-18)17-16(19)15-13-6-11-5-12(8-13)9-14(15)7-11/h10-15,18H,2-9H2,1H3,(H,17,19). The SMILES string of the molecule is CC(CCCO)NC(=O)C1C2CC3CC(C2)CC1C3. The molecule has 3 heteroatoms. The molecule has 0 aromatic heterocycles. The van der Waals surface area contributed by atoms with E-state index < -0.39 is 0 Å². The number of amides is 1. The predicted molar refractivity (Wildman–Crippen MR) is 74.5 cm³/mol. The molecular weight excluding hydrogens is 238 g/mol. The lowest BCUT2D eigenvalue weighted by Crippen LogP contribution is -2.52. The lowest BCUT2D eigenvalue weighted by molar-refractivity contribution is -0.138. The van der Waals surface area contributed by atoms with Crippen molar-refractivity contribution in [3.05, 3.63) is 0 Å². The van der Waals surface area contributed by atoms with Crippen LogP contribution in [0.15, 0.2) is 0 Å². The van der Waals surface area contributed by atoms with Gasteiger partial charge in [0.1, 0.15) is 0 Å². The molecule has 1 amide bonds. The molecule has 4 bridgehead atoms. The molecule has 0 saturated heterocycles. The van der Waals surface area contributed by atoms with Crippen molar-refractivity contribution in [3.8, 4) is 0 Å². The second kappa shape index (κ2) is 5.43. The molecule has 4 rings (SSSR count). The number of aliphatic hydroxyl groups is 1. The summed E-state index contributed by atoms with van der Waals surface area (Å²) in [7, 11) is 0. The molecule has 0 aliphatic heterocycles. The fourth-order valence-electron chi connectivity index (χ4n) is 5.16. The Kier molecular flexibility index (Phi) is 3.84. The van der Waals surface area contributed by atoms with Crippen LogP contribution >= 0.6 is 0 Å². The fraction of sp³-hybridized carbons (Fsp3) is 0.938. The van der Waals surface area contributed by atoms with Crippen molar-refractivity contribution in [2.24, 2.45) is 29.6 Å². The van der Waals surface area contributed by atoms with E-state index in [0.29, 0.717) is 23.7 Å². The number of carbonyl (C=O) groups excluding carboxylic acids is 1. The molecule has 4 saturated carbocycles.